The highest BCUT2D eigenvalue weighted by molar-refractivity contribution is 7.86. The molecule has 3 heterocycles. The number of anilines is 1. The van der Waals surface area contributed by atoms with Gasteiger partial charge in [-0.1, -0.05) is 12.1 Å². The van der Waals surface area contributed by atoms with Gasteiger partial charge < -0.3 is 9.64 Å². The van der Waals surface area contributed by atoms with E-state index in [0.717, 1.165) is 22.5 Å². The maximum atomic E-state index is 13.1. The lowest BCUT2D eigenvalue weighted by molar-refractivity contribution is -0.0455. The van der Waals surface area contributed by atoms with Gasteiger partial charge >= 0.3 is 0 Å². The van der Waals surface area contributed by atoms with Crippen LogP contribution in [0.1, 0.15) is 19.5 Å². The largest absolute Gasteiger partial charge is 0.373 e. The number of aromatic nitrogens is 2. The monoisotopic (exact) mass is 405 g/mol. The summed E-state index contributed by atoms with van der Waals surface area (Å²) in [6.45, 7) is 8.67. The molecular formula is C19H27N5O3S. The molecule has 4 rings (SSSR count). The summed E-state index contributed by atoms with van der Waals surface area (Å²) in [4.78, 5) is 11.5. The average molecular weight is 406 g/mol. The van der Waals surface area contributed by atoms with Crippen molar-refractivity contribution in [3.05, 3.63) is 30.0 Å². The van der Waals surface area contributed by atoms with Gasteiger partial charge in [0.2, 0.25) is 0 Å². The maximum Gasteiger partial charge on any atom is 0.282 e. The summed E-state index contributed by atoms with van der Waals surface area (Å²) in [5.74, 6) is 0.837. The van der Waals surface area contributed by atoms with Crippen LogP contribution in [-0.2, 0) is 14.9 Å². The van der Waals surface area contributed by atoms with E-state index in [1.165, 1.54) is 0 Å². The quantitative estimate of drug-likeness (QED) is 0.768. The number of para-hydroxylation sites is 2. The van der Waals surface area contributed by atoms with Crippen molar-refractivity contribution >= 4 is 27.1 Å². The Hall–Kier alpha value is -1.81. The molecule has 152 valence electrons. The van der Waals surface area contributed by atoms with Crippen molar-refractivity contribution in [3.63, 3.8) is 0 Å². The van der Waals surface area contributed by atoms with E-state index in [-0.39, 0.29) is 12.2 Å². The minimum absolute atomic E-state index is 0.0877. The number of hydrogen-bond donors (Lipinski definition) is 0. The van der Waals surface area contributed by atoms with E-state index in [1.54, 1.807) is 8.61 Å². The fourth-order valence-electron chi connectivity index (χ4n) is 3.99. The van der Waals surface area contributed by atoms with Gasteiger partial charge in [-0.2, -0.15) is 17.0 Å². The van der Waals surface area contributed by atoms with E-state index < -0.39 is 10.2 Å². The van der Waals surface area contributed by atoms with Gasteiger partial charge in [-0.3, -0.25) is 0 Å². The number of morpholine rings is 1. The van der Waals surface area contributed by atoms with Crippen molar-refractivity contribution in [1.82, 2.24) is 18.6 Å². The van der Waals surface area contributed by atoms with Gasteiger partial charge in [0.1, 0.15) is 0 Å². The molecule has 2 saturated heterocycles. The zero-order valence-corrected chi connectivity index (χ0v) is 17.4. The van der Waals surface area contributed by atoms with Crippen molar-refractivity contribution < 1.29 is 13.2 Å². The molecule has 0 radical (unpaired) electrons. The van der Waals surface area contributed by atoms with E-state index in [9.17, 15) is 8.42 Å². The molecule has 0 bridgehead atoms. The molecule has 2 aliphatic heterocycles. The predicted octanol–water partition coefficient (Wildman–Crippen LogP) is 1.41. The van der Waals surface area contributed by atoms with Gasteiger partial charge in [-0.05, 0) is 32.9 Å². The van der Waals surface area contributed by atoms with Crippen molar-refractivity contribution in [2.24, 2.45) is 0 Å². The van der Waals surface area contributed by atoms with Crippen LogP contribution in [0.3, 0.4) is 0 Å². The molecule has 2 fully saturated rings. The number of aryl methyl sites for hydroxylation is 1. The Labute approximate surface area is 166 Å². The standard InChI is InChI=1S/C19H27N5O3S/c1-14-12-24(13-15(2)27-14)28(25,26)23-10-8-22(9-11-23)19-16(3)20-17-6-4-5-7-18(17)21-19/h4-7,14-15H,8-13H2,1-3H3/t14-,15-/m0/s1. The molecule has 0 N–H and O–H groups in total. The molecule has 2 aliphatic rings. The topological polar surface area (TPSA) is 78.9 Å². The number of piperazine rings is 1. The van der Waals surface area contributed by atoms with Gasteiger partial charge in [-0.15, -0.1) is 0 Å². The molecule has 2 aromatic rings. The molecule has 0 spiro atoms. The summed E-state index contributed by atoms with van der Waals surface area (Å²) in [5.41, 5.74) is 2.60. The molecule has 28 heavy (non-hydrogen) atoms. The van der Waals surface area contributed by atoms with Crippen molar-refractivity contribution in [2.45, 2.75) is 33.0 Å². The van der Waals surface area contributed by atoms with Crippen LogP contribution >= 0.6 is 0 Å². The summed E-state index contributed by atoms with van der Waals surface area (Å²) >= 11 is 0. The summed E-state index contributed by atoms with van der Waals surface area (Å²) < 4.78 is 34.9. The third kappa shape index (κ3) is 3.71. The summed E-state index contributed by atoms with van der Waals surface area (Å²) in [6.07, 6.45) is -0.175. The van der Waals surface area contributed by atoms with Gasteiger partial charge in [0.15, 0.2) is 5.82 Å². The van der Waals surface area contributed by atoms with Crippen molar-refractivity contribution in [2.75, 3.05) is 44.2 Å². The fourth-order valence-corrected chi connectivity index (χ4v) is 5.74. The first-order chi connectivity index (χ1) is 13.3. The van der Waals surface area contributed by atoms with Crippen LogP contribution in [-0.4, -0.2) is 78.5 Å². The number of rotatable bonds is 3. The minimum Gasteiger partial charge on any atom is -0.373 e. The molecule has 8 nitrogen and oxygen atoms in total. The van der Waals surface area contributed by atoms with Gasteiger partial charge in [0.25, 0.3) is 10.2 Å². The zero-order valence-electron chi connectivity index (χ0n) is 16.6. The Morgan fingerprint density at radius 2 is 1.50 bits per heavy atom. The molecule has 0 saturated carbocycles. The number of fused-ring (bicyclic) bond motifs is 1. The molecular weight excluding hydrogens is 378 g/mol. The van der Waals surface area contributed by atoms with Crippen LogP contribution < -0.4 is 4.90 Å². The number of nitrogens with zero attached hydrogens (tertiary/aromatic N) is 5. The fraction of sp³-hybridized carbons (Fsp3) is 0.579. The maximum absolute atomic E-state index is 13.1. The molecule has 9 heteroatoms. The number of hydrogen-bond acceptors (Lipinski definition) is 6. The summed E-state index contributed by atoms with van der Waals surface area (Å²) in [5, 5.41) is 0. The Morgan fingerprint density at radius 3 is 2.11 bits per heavy atom. The van der Waals surface area contributed by atoms with Crippen LogP contribution in [0, 0.1) is 6.92 Å². The molecule has 1 aromatic carbocycles. The lowest BCUT2D eigenvalue weighted by Crippen LogP contribution is -2.57. The van der Waals surface area contributed by atoms with Crippen LogP contribution in [0.15, 0.2) is 24.3 Å². The number of ether oxygens (including phenoxy) is 1. The second-order valence-corrected chi connectivity index (χ2v) is 9.52. The predicted molar refractivity (Wildman–Crippen MR) is 109 cm³/mol. The Balaban J connectivity index is 1.48. The summed E-state index contributed by atoms with van der Waals surface area (Å²) in [6, 6.07) is 7.80. The highest BCUT2D eigenvalue weighted by Crippen LogP contribution is 2.23. The summed E-state index contributed by atoms with van der Waals surface area (Å²) in [7, 11) is -3.48. The lowest BCUT2D eigenvalue weighted by atomic mass is 10.2. The normalized spacial score (nSPS) is 25.3. The average Bonchev–Trinajstić information content (AvgIpc) is 2.67. The molecule has 2 atom stereocenters. The lowest BCUT2D eigenvalue weighted by Gasteiger charge is -2.40. The van der Waals surface area contributed by atoms with Crippen LogP contribution in [0.2, 0.25) is 0 Å². The number of benzene rings is 1. The van der Waals surface area contributed by atoms with E-state index in [1.807, 2.05) is 45.0 Å². The van der Waals surface area contributed by atoms with Crippen LogP contribution in [0.5, 0.6) is 0 Å². The molecule has 1 aromatic heterocycles. The van der Waals surface area contributed by atoms with Gasteiger partial charge in [0, 0.05) is 39.3 Å². The van der Waals surface area contributed by atoms with E-state index in [0.29, 0.717) is 39.3 Å². The Bertz CT molecular complexity index is 949. The zero-order chi connectivity index (χ0) is 19.9. The highest BCUT2D eigenvalue weighted by atomic mass is 32.2. The SMILES string of the molecule is Cc1nc2ccccc2nc1N1CCN(S(=O)(=O)N2C[C@H](C)O[C@@H](C)C2)CC1. The second kappa shape index (κ2) is 7.55. The van der Waals surface area contributed by atoms with E-state index >= 15 is 0 Å². The molecule has 0 unspecified atom stereocenters. The minimum atomic E-state index is -3.48. The second-order valence-electron chi connectivity index (χ2n) is 7.59. The van der Waals surface area contributed by atoms with Crippen LogP contribution in [0.25, 0.3) is 11.0 Å². The highest BCUT2D eigenvalue weighted by Gasteiger charge is 2.37. The first kappa shape index (κ1) is 19.5. The van der Waals surface area contributed by atoms with E-state index in [4.69, 9.17) is 9.72 Å². The molecule has 0 aliphatic carbocycles. The Kier molecular flexibility index (Phi) is 5.26. The molecule has 0 amide bonds. The first-order valence-corrected chi connectivity index (χ1v) is 11.1. The smallest absolute Gasteiger partial charge is 0.282 e. The van der Waals surface area contributed by atoms with Gasteiger partial charge in [-0.25, -0.2) is 9.97 Å². The van der Waals surface area contributed by atoms with Crippen molar-refractivity contribution in [3.8, 4) is 0 Å². The Morgan fingerprint density at radius 1 is 0.929 bits per heavy atom. The van der Waals surface area contributed by atoms with Gasteiger partial charge in [0.05, 0.1) is 28.9 Å². The van der Waals surface area contributed by atoms with E-state index in [2.05, 4.69) is 9.88 Å². The first-order valence-electron chi connectivity index (χ1n) is 9.73. The van der Waals surface area contributed by atoms with Crippen molar-refractivity contribution in [1.29, 1.82) is 0 Å². The third-order valence-electron chi connectivity index (χ3n) is 5.30. The third-order valence-corrected chi connectivity index (χ3v) is 7.27. The van der Waals surface area contributed by atoms with Crippen LogP contribution in [0.4, 0.5) is 5.82 Å².